The van der Waals surface area contributed by atoms with Crippen molar-refractivity contribution < 1.29 is 4.52 Å². The van der Waals surface area contributed by atoms with Crippen molar-refractivity contribution in [3.63, 3.8) is 0 Å². The Kier molecular flexibility index (Phi) is 3.27. The molecule has 0 amide bonds. The third kappa shape index (κ3) is 2.44. The van der Waals surface area contributed by atoms with Gasteiger partial charge in [0, 0.05) is 22.4 Å². The zero-order chi connectivity index (χ0) is 13.9. The molecule has 3 rings (SSSR count). The Morgan fingerprint density at radius 3 is 2.85 bits per heavy atom. The Morgan fingerprint density at radius 2 is 2.05 bits per heavy atom. The van der Waals surface area contributed by atoms with Crippen LogP contribution in [0, 0.1) is 11.3 Å². The van der Waals surface area contributed by atoms with E-state index in [1.54, 1.807) is 30.6 Å². The van der Waals surface area contributed by atoms with Gasteiger partial charge in [-0.15, -0.1) is 0 Å². The largest absolute Gasteiger partial charge is 0.334 e. The molecule has 0 radical (unpaired) electrons. The van der Waals surface area contributed by atoms with Crippen LogP contribution in [0.15, 0.2) is 51.7 Å². The third-order valence-corrected chi connectivity index (χ3v) is 3.06. The van der Waals surface area contributed by atoms with Crippen molar-refractivity contribution in [3.8, 4) is 28.9 Å². The molecular formula is C14H7BrN4O. The first-order valence-electron chi connectivity index (χ1n) is 5.71. The molecule has 0 fully saturated rings. The van der Waals surface area contributed by atoms with Gasteiger partial charge in [-0.1, -0.05) is 17.3 Å². The highest BCUT2D eigenvalue weighted by molar-refractivity contribution is 9.10. The van der Waals surface area contributed by atoms with Crippen molar-refractivity contribution in [2.45, 2.75) is 0 Å². The minimum Gasteiger partial charge on any atom is -0.334 e. The normalized spacial score (nSPS) is 10.2. The van der Waals surface area contributed by atoms with Crippen molar-refractivity contribution in [2.75, 3.05) is 0 Å². The maximum atomic E-state index is 8.89. The Labute approximate surface area is 123 Å². The van der Waals surface area contributed by atoms with E-state index < -0.39 is 0 Å². The van der Waals surface area contributed by atoms with Gasteiger partial charge in [0.25, 0.3) is 5.89 Å². The Balaban J connectivity index is 2.00. The molecule has 2 heterocycles. The summed E-state index contributed by atoms with van der Waals surface area (Å²) in [6.45, 7) is 0. The molecule has 1 aromatic carbocycles. The molecule has 0 spiro atoms. The van der Waals surface area contributed by atoms with Gasteiger partial charge in [-0.2, -0.15) is 10.2 Å². The lowest BCUT2D eigenvalue weighted by Crippen LogP contribution is -1.83. The number of halogens is 1. The number of hydrogen-bond donors (Lipinski definition) is 0. The summed E-state index contributed by atoms with van der Waals surface area (Å²) >= 11 is 3.34. The second-order valence-electron chi connectivity index (χ2n) is 4.01. The van der Waals surface area contributed by atoms with Gasteiger partial charge >= 0.3 is 0 Å². The van der Waals surface area contributed by atoms with E-state index in [0.717, 1.165) is 15.6 Å². The standard InChI is InChI=1S/C14H7BrN4O/c15-12-5-11(7-17-8-12)14-18-13(19-20-14)10-3-1-2-9(4-10)6-16/h1-5,7-8H. The average molecular weight is 327 g/mol. The first kappa shape index (κ1) is 12.5. The van der Waals surface area contributed by atoms with Crippen LogP contribution in [0.2, 0.25) is 0 Å². The molecule has 0 aliphatic carbocycles. The summed E-state index contributed by atoms with van der Waals surface area (Å²) < 4.78 is 6.06. The highest BCUT2D eigenvalue weighted by Gasteiger charge is 2.11. The summed E-state index contributed by atoms with van der Waals surface area (Å²) in [6, 6.07) is 11.0. The number of benzene rings is 1. The lowest BCUT2D eigenvalue weighted by molar-refractivity contribution is 0.432. The zero-order valence-electron chi connectivity index (χ0n) is 10.1. The molecular weight excluding hydrogens is 320 g/mol. The van der Waals surface area contributed by atoms with Crippen LogP contribution in [0.4, 0.5) is 0 Å². The summed E-state index contributed by atoms with van der Waals surface area (Å²) in [5.74, 6) is 0.827. The molecule has 5 nitrogen and oxygen atoms in total. The smallest absolute Gasteiger partial charge is 0.259 e. The Morgan fingerprint density at radius 1 is 1.15 bits per heavy atom. The van der Waals surface area contributed by atoms with Crippen molar-refractivity contribution in [2.24, 2.45) is 0 Å². The minimum absolute atomic E-state index is 0.385. The predicted octanol–water partition coefficient (Wildman–Crippen LogP) is 3.43. The summed E-state index contributed by atoms with van der Waals surface area (Å²) in [5, 5.41) is 12.8. The molecule has 0 bridgehead atoms. The van der Waals surface area contributed by atoms with Gasteiger partial charge in [0.1, 0.15) is 0 Å². The number of rotatable bonds is 2. The van der Waals surface area contributed by atoms with Crippen molar-refractivity contribution in [1.29, 1.82) is 5.26 Å². The molecule has 20 heavy (non-hydrogen) atoms. The molecule has 0 atom stereocenters. The summed E-state index contributed by atoms with van der Waals surface area (Å²) in [6.07, 6.45) is 3.32. The molecule has 6 heteroatoms. The molecule has 0 saturated carbocycles. The van der Waals surface area contributed by atoms with Crippen LogP contribution in [-0.2, 0) is 0 Å². The maximum absolute atomic E-state index is 8.89. The number of hydrogen-bond acceptors (Lipinski definition) is 5. The van der Waals surface area contributed by atoms with E-state index >= 15 is 0 Å². The van der Waals surface area contributed by atoms with Crippen molar-refractivity contribution >= 4 is 15.9 Å². The van der Waals surface area contributed by atoms with Crippen molar-refractivity contribution in [1.82, 2.24) is 15.1 Å². The fourth-order valence-electron chi connectivity index (χ4n) is 1.71. The molecule has 0 N–H and O–H groups in total. The summed E-state index contributed by atoms with van der Waals surface area (Å²) in [5.41, 5.74) is 2.02. The number of aromatic nitrogens is 3. The van der Waals surface area contributed by atoms with E-state index in [1.165, 1.54) is 0 Å². The summed E-state index contributed by atoms with van der Waals surface area (Å²) in [4.78, 5) is 8.37. The lowest BCUT2D eigenvalue weighted by Gasteiger charge is -1.94. The lowest BCUT2D eigenvalue weighted by atomic mass is 10.1. The highest BCUT2D eigenvalue weighted by Crippen LogP contribution is 2.23. The first-order valence-corrected chi connectivity index (χ1v) is 6.51. The van der Waals surface area contributed by atoms with Crippen LogP contribution in [0.5, 0.6) is 0 Å². The SMILES string of the molecule is N#Cc1cccc(-c2noc(-c3cncc(Br)c3)n2)c1. The average Bonchev–Trinajstić information content (AvgIpc) is 2.97. The number of pyridine rings is 1. The van der Waals surface area contributed by atoms with Gasteiger partial charge in [0.2, 0.25) is 5.82 Å². The second-order valence-corrected chi connectivity index (χ2v) is 4.92. The fraction of sp³-hybridized carbons (Fsp3) is 0. The van der Waals surface area contributed by atoms with Crippen LogP contribution < -0.4 is 0 Å². The van der Waals surface area contributed by atoms with E-state index in [2.05, 4.69) is 37.1 Å². The van der Waals surface area contributed by atoms with Crippen LogP contribution in [-0.4, -0.2) is 15.1 Å². The number of nitriles is 1. The monoisotopic (exact) mass is 326 g/mol. The van der Waals surface area contributed by atoms with E-state index in [-0.39, 0.29) is 0 Å². The van der Waals surface area contributed by atoms with Gasteiger partial charge in [0.15, 0.2) is 0 Å². The second kappa shape index (κ2) is 5.23. The predicted molar refractivity (Wildman–Crippen MR) is 75.4 cm³/mol. The highest BCUT2D eigenvalue weighted by atomic mass is 79.9. The van der Waals surface area contributed by atoms with E-state index in [0.29, 0.717) is 17.3 Å². The molecule has 0 aliphatic rings. The van der Waals surface area contributed by atoms with Gasteiger partial charge in [-0.25, -0.2) is 0 Å². The Hall–Kier alpha value is -2.52. The molecule has 3 aromatic rings. The third-order valence-electron chi connectivity index (χ3n) is 2.63. The molecule has 96 valence electrons. The Bertz CT molecular complexity index is 807. The zero-order valence-corrected chi connectivity index (χ0v) is 11.7. The summed E-state index contributed by atoms with van der Waals surface area (Å²) in [7, 11) is 0. The fourth-order valence-corrected chi connectivity index (χ4v) is 2.08. The van der Waals surface area contributed by atoms with Crippen LogP contribution >= 0.6 is 15.9 Å². The van der Waals surface area contributed by atoms with Crippen molar-refractivity contribution in [3.05, 3.63) is 52.8 Å². The minimum atomic E-state index is 0.385. The quantitative estimate of drug-likeness (QED) is 0.721. The first-order chi connectivity index (χ1) is 9.76. The molecule has 0 saturated heterocycles. The maximum Gasteiger partial charge on any atom is 0.259 e. The van der Waals surface area contributed by atoms with E-state index in [4.69, 9.17) is 9.78 Å². The van der Waals surface area contributed by atoms with E-state index in [1.807, 2.05) is 12.1 Å². The molecule has 0 unspecified atom stereocenters. The van der Waals surface area contributed by atoms with Gasteiger partial charge in [-0.3, -0.25) is 4.98 Å². The van der Waals surface area contributed by atoms with Gasteiger partial charge in [0.05, 0.1) is 17.2 Å². The van der Waals surface area contributed by atoms with Crippen LogP contribution in [0.25, 0.3) is 22.8 Å². The van der Waals surface area contributed by atoms with Gasteiger partial charge < -0.3 is 4.52 Å². The van der Waals surface area contributed by atoms with Crippen LogP contribution in [0.1, 0.15) is 5.56 Å². The van der Waals surface area contributed by atoms with E-state index in [9.17, 15) is 0 Å². The molecule has 2 aromatic heterocycles. The topological polar surface area (TPSA) is 75.6 Å². The molecule has 0 aliphatic heterocycles. The van der Waals surface area contributed by atoms with Gasteiger partial charge in [-0.05, 0) is 34.1 Å². The number of nitrogens with zero attached hydrogens (tertiary/aromatic N) is 4. The van der Waals surface area contributed by atoms with Crippen LogP contribution in [0.3, 0.4) is 0 Å².